The molecule has 0 fully saturated rings. The van der Waals surface area contributed by atoms with Crippen LogP contribution in [-0.4, -0.2) is 41.0 Å². The highest BCUT2D eigenvalue weighted by atomic mass is 79.9. The number of hydrogen-bond donors (Lipinski definition) is 0. The average Bonchev–Trinajstić information content (AvgIpc) is 2.60. The van der Waals surface area contributed by atoms with Crippen molar-refractivity contribution >= 4 is 15.9 Å². The lowest BCUT2D eigenvalue weighted by molar-refractivity contribution is 0.123. The zero-order valence-corrected chi connectivity index (χ0v) is 13.6. The molecule has 0 unspecified atom stereocenters. The molecule has 1 aromatic heterocycles. The molecule has 4 nitrogen and oxygen atoms in total. The number of aryl methyl sites for hydroxylation is 2. The summed E-state index contributed by atoms with van der Waals surface area (Å²) in [6, 6.07) is 0.493. The lowest BCUT2D eigenvalue weighted by Gasteiger charge is -2.26. The van der Waals surface area contributed by atoms with Gasteiger partial charge in [-0.05, 0) is 36.2 Å². The van der Waals surface area contributed by atoms with E-state index in [1.807, 2.05) is 11.7 Å². The van der Waals surface area contributed by atoms with Gasteiger partial charge in [0.25, 0.3) is 0 Å². The molecule has 104 valence electrons. The van der Waals surface area contributed by atoms with E-state index in [9.17, 15) is 0 Å². The van der Waals surface area contributed by atoms with Crippen molar-refractivity contribution in [3.8, 4) is 0 Å². The molecule has 0 aliphatic rings. The molecule has 0 aliphatic heterocycles. The van der Waals surface area contributed by atoms with Crippen molar-refractivity contribution < 1.29 is 4.74 Å². The molecule has 0 aromatic carbocycles. The Balaban J connectivity index is 2.83. The minimum Gasteiger partial charge on any atom is -0.383 e. The summed E-state index contributed by atoms with van der Waals surface area (Å²) in [5, 5.41) is 4.53. The standard InChI is InChI=1S/C13H24BrN3O/c1-6-11-13(14)12(16(4)15-11)9-17(10(2)3)7-8-18-5/h10H,6-9H2,1-5H3. The largest absolute Gasteiger partial charge is 0.383 e. The molecule has 0 amide bonds. The molecule has 0 radical (unpaired) electrons. The molecular weight excluding hydrogens is 294 g/mol. The third-order valence-corrected chi connectivity index (χ3v) is 4.08. The number of ether oxygens (including phenoxy) is 1. The van der Waals surface area contributed by atoms with E-state index in [1.54, 1.807) is 7.11 Å². The van der Waals surface area contributed by atoms with Crippen LogP contribution in [0, 0.1) is 0 Å². The Morgan fingerprint density at radius 1 is 1.44 bits per heavy atom. The molecule has 0 bridgehead atoms. The number of nitrogens with zero attached hydrogens (tertiary/aromatic N) is 3. The van der Waals surface area contributed by atoms with E-state index in [-0.39, 0.29) is 0 Å². The van der Waals surface area contributed by atoms with Crippen molar-refractivity contribution in [3.05, 3.63) is 15.9 Å². The SMILES string of the molecule is CCc1nn(C)c(CN(CCOC)C(C)C)c1Br. The predicted octanol–water partition coefficient (Wildman–Crippen LogP) is 2.60. The van der Waals surface area contributed by atoms with Gasteiger partial charge in [-0.25, -0.2) is 0 Å². The Morgan fingerprint density at radius 3 is 2.56 bits per heavy atom. The Hall–Kier alpha value is -0.390. The first kappa shape index (κ1) is 15.7. The van der Waals surface area contributed by atoms with Gasteiger partial charge in [0.1, 0.15) is 0 Å². The van der Waals surface area contributed by atoms with Crippen molar-refractivity contribution in [2.75, 3.05) is 20.3 Å². The van der Waals surface area contributed by atoms with Gasteiger partial charge in [0.2, 0.25) is 0 Å². The van der Waals surface area contributed by atoms with Gasteiger partial charge in [-0.2, -0.15) is 5.10 Å². The summed E-state index contributed by atoms with van der Waals surface area (Å²) < 4.78 is 8.30. The molecular formula is C13H24BrN3O. The highest BCUT2D eigenvalue weighted by Gasteiger charge is 2.17. The summed E-state index contributed by atoms with van der Waals surface area (Å²) in [6.07, 6.45) is 0.953. The fraction of sp³-hybridized carbons (Fsp3) is 0.769. The van der Waals surface area contributed by atoms with Gasteiger partial charge in [-0.1, -0.05) is 6.92 Å². The monoisotopic (exact) mass is 317 g/mol. The van der Waals surface area contributed by atoms with Crippen LogP contribution < -0.4 is 0 Å². The number of rotatable bonds is 7. The van der Waals surface area contributed by atoms with E-state index in [2.05, 4.69) is 46.7 Å². The van der Waals surface area contributed by atoms with Crippen LogP contribution in [0.15, 0.2) is 4.47 Å². The molecule has 0 spiro atoms. The molecule has 0 saturated carbocycles. The zero-order valence-electron chi connectivity index (χ0n) is 12.0. The topological polar surface area (TPSA) is 30.3 Å². The van der Waals surface area contributed by atoms with Crippen LogP contribution in [0.4, 0.5) is 0 Å². The normalized spacial score (nSPS) is 11.8. The summed E-state index contributed by atoms with van der Waals surface area (Å²) in [5.74, 6) is 0. The van der Waals surface area contributed by atoms with Gasteiger partial charge < -0.3 is 4.74 Å². The van der Waals surface area contributed by atoms with Gasteiger partial charge in [-0.3, -0.25) is 9.58 Å². The third-order valence-electron chi connectivity index (χ3n) is 3.17. The zero-order chi connectivity index (χ0) is 13.7. The lowest BCUT2D eigenvalue weighted by Crippen LogP contribution is -2.34. The number of aromatic nitrogens is 2. The molecule has 1 rings (SSSR count). The van der Waals surface area contributed by atoms with E-state index in [0.717, 1.165) is 36.3 Å². The van der Waals surface area contributed by atoms with Crippen molar-refractivity contribution in [2.45, 2.75) is 39.8 Å². The number of methoxy groups -OCH3 is 1. The van der Waals surface area contributed by atoms with Crippen molar-refractivity contribution in [2.24, 2.45) is 7.05 Å². The number of halogens is 1. The molecule has 1 aromatic rings. The van der Waals surface area contributed by atoms with Crippen molar-refractivity contribution in [3.63, 3.8) is 0 Å². The van der Waals surface area contributed by atoms with Crippen LogP contribution in [0.2, 0.25) is 0 Å². The van der Waals surface area contributed by atoms with Crippen LogP contribution >= 0.6 is 15.9 Å². The maximum Gasteiger partial charge on any atom is 0.0767 e. The van der Waals surface area contributed by atoms with E-state index in [1.165, 1.54) is 5.69 Å². The van der Waals surface area contributed by atoms with Gasteiger partial charge in [0, 0.05) is 33.3 Å². The fourth-order valence-corrected chi connectivity index (χ4v) is 2.65. The Labute approximate surface area is 118 Å². The van der Waals surface area contributed by atoms with Crippen molar-refractivity contribution in [1.29, 1.82) is 0 Å². The second kappa shape index (κ2) is 7.26. The Bertz CT molecular complexity index is 377. The van der Waals surface area contributed by atoms with Gasteiger partial charge in [0.15, 0.2) is 0 Å². The first-order valence-corrected chi connectivity index (χ1v) is 7.23. The summed E-state index contributed by atoms with van der Waals surface area (Å²) in [6.45, 7) is 9.13. The summed E-state index contributed by atoms with van der Waals surface area (Å²) in [5.41, 5.74) is 2.36. The highest BCUT2D eigenvalue weighted by Crippen LogP contribution is 2.23. The van der Waals surface area contributed by atoms with Crippen LogP contribution in [0.1, 0.15) is 32.2 Å². The quantitative estimate of drug-likeness (QED) is 0.774. The fourth-order valence-electron chi connectivity index (χ4n) is 1.91. The summed E-state index contributed by atoms with van der Waals surface area (Å²) >= 11 is 3.67. The van der Waals surface area contributed by atoms with E-state index >= 15 is 0 Å². The first-order chi connectivity index (χ1) is 8.51. The smallest absolute Gasteiger partial charge is 0.0767 e. The Morgan fingerprint density at radius 2 is 2.11 bits per heavy atom. The van der Waals surface area contributed by atoms with Crippen LogP contribution in [0.3, 0.4) is 0 Å². The first-order valence-electron chi connectivity index (χ1n) is 6.44. The highest BCUT2D eigenvalue weighted by molar-refractivity contribution is 9.10. The molecule has 18 heavy (non-hydrogen) atoms. The van der Waals surface area contributed by atoms with Crippen LogP contribution in [-0.2, 0) is 24.8 Å². The predicted molar refractivity (Wildman–Crippen MR) is 77.7 cm³/mol. The molecule has 0 aliphatic carbocycles. The molecule has 5 heteroatoms. The van der Waals surface area contributed by atoms with Crippen molar-refractivity contribution in [1.82, 2.24) is 14.7 Å². The average molecular weight is 318 g/mol. The van der Waals surface area contributed by atoms with Gasteiger partial charge in [0.05, 0.1) is 22.5 Å². The van der Waals surface area contributed by atoms with Crippen LogP contribution in [0.5, 0.6) is 0 Å². The Kier molecular flexibility index (Phi) is 6.32. The summed E-state index contributed by atoms with van der Waals surface area (Å²) in [4.78, 5) is 2.39. The minimum absolute atomic E-state index is 0.493. The summed E-state index contributed by atoms with van der Waals surface area (Å²) in [7, 11) is 3.75. The minimum atomic E-state index is 0.493. The lowest BCUT2D eigenvalue weighted by atomic mass is 10.2. The molecule has 0 atom stereocenters. The third kappa shape index (κ3) is 3.80. The van der Waals surface area contributed by atoms with E-state index in [0.29, 0.717) is 6.04 Å². The maximum absolute atomic E-state index is 5.17. The van der Waals surface area contributed by atoms with E-state index in [4.69, 9.17) is 4.74 Å². The van der Waals surface area contributed by atoms with Gasteiger partial charge in [-0.15, -0.1) is 0 Å². The van der Waals surface area contributed by atoms with E-state index < -0.39 is 0 Å². The second-order valence-corrected chi connectivity index (χ2v) is 5.53. The van der Waals surface area contributed by atoms with Gasteiger partial charge >= 0.3 is 0 Å². The number of hydrogen-bond acceptors (Lipinski definition) is 3. The van der Waals surface area contributed by atoms with Crippen LogP contribution in [0.25, 0.3) is 0 Å². The maximum atomic E-state index is 5.17. The second-order valence-electron chi connectivity index (χ2n) is 4.74. The molecule has 0 N–H and O–H groups in total. The molecule has 1 heterocycles. The molecule has 0 saturated heterocycles.